The van der Waals surface area contributed by atoms with Gasteiger partial charge < -0.3 is 11.1 Å². The Morgan fingerprint density at radius 2 is 1.84 bits per heavy atom. The first-order valence-electron chi connectivity index (χ1n) is 9.01. The first-order chi connectivity index (χ1) is 11.9. The van der Waals surface area contributed by atoms with E-state index >= 15 is 0 Å². The molecule has 0 spiro atoms. The number of amides is 1. The van der Waals surface area contributed by atoms with Crippen LogP contribution in [-0.2, 0) is 4.79 Å². The number of aromatic nitrogens is 2. The lowest BCUT2D eigenvalue weighted by atomic mass is 9.81. The van der Waals surface area contributed by atoms with Gasteiger partial charge in [-0.2, -0.15) is 5.10 Å². The van der Waals surface area contributed by atoms with Crippen LogP contribution in [0.2, 0.25) is 0 Å². The fourth-order valence-corrected chi connectivity index (χ4v) is 3.18. The standard InChI is InChI=1S/C20H30N4O/c1-6-20(7-2,13-21)19(25)22-16(5)17-8-10-18(11-9-17)24-15(4)12-14(3)23-24/h8-12,16H,6-7,13,21H2,1-5H3,(H,22,25). The average Bonchev–Trinajstić information content (AvgIpc) is 2.95. The van der Waals surface area contributed by atoms with Gasteiger partial charge in [0.15, 0.2) is 0 Å². The van der Waals surface area contributed by atoms with Gasteiger partial charge in [-0.15, -0.1) is 0 Å². The van der Waals surface area contributed by atoms with Crippen LogP contribution in [-0.4, -0.2) is 22.2 Å². The molecular weight excluding hydrogens is 312 g/mol. The van der Waals surface area contributed by atoms with Crippen molar-refractivity contribution in [3.05, 3.63) is 47.3 Å². The Morgan fingerprint density at radius 3 is 2.28 bits per heavy atom. The van der Waals surface area contributed by atoms with E-state index in [1.54, 1.807) is 0 Å². The summed E-state index contributed by atoms with van der Waals surface area (Å²) in [5, 5.41) is 7.63. The molecule has 2 aromatic rings. The van der Waals surface area contributed by atoms with Crippen molar-refractivity contribution in [2.24, 2.45) is 11.1 Å². The zero-order valence-electron chi connectivity index (χ0n) is 16.0. The highest BCUT2D eigenvalue weighted by Gasteiger charge is 2.34. The van der Waals surface area contributed by atoms with Gasteiger partial charge in [0.05, 0.1) is 22.8 Å². The number of nitrogens with zero attached hydrogens (tertiary/aromatic N) is 2. The quantitative estimate of drug-likeness (QED) is 0.809. The fourth-order valence-electron chi connectivity index (χ4n) is 3.18. The monoisotopic (exact) mass is 342 g/mol. The topological polar surface area (TPSA) is 72.9 Å². The summed E-state index contributed by atoms with van der Waals surface area (Å²) in [7, 11) is 0. The highest BCUT2D eigenvalue weighted by molar-refractivity contribution is 5.83. The Hall–Kier alpha value is -2.14. The lowest BCUT2D eigenvalue weighted by molar-refractivity contribution is -0.131. The summed E-state index contributed by atoms with van der Waals surface area (Å²) >= 11 is 0. The molecule has 25 heavy (non-hydrogen) atoms. The predicted molar refractivity (Wildman–Crippen MR) is 102 cm³/mol. The molecule has 0 aliphatic carbocycles. The summed E-state index contributed by atoms with van der Waals surface area (Å²) in [5.41, 5.74) is 9.59. The van der Waals surface area contributed by atoms with Crippen molar-refractivity contribution >= 4 is 5.91 Å². The van der Waals surface area contributed by atoms with Crippen molar-refractivity contribution in [2.75, 3.05) is 6.54 Å². The van der Waals surface area contributed by atoms with Gasteiger partial charge in [0, 0.05) is 12.2 Å². The largest absolute Gasteiger partial charge is 0.349 e. The number of rotatable bonds is 7. The van der Waals surface area contributed by atoms with E-state index in [1.807, 2.05) is 63.6 Å². The maximum Gasteiger partial charge on any atom is 0.227 e. The third-order valence-electron chi connectivity index (χ3n) is 5.22. The van der Waals surface area contributed by atoms with Gasteiger partial charge in [-0.1, -0.05) is 26.0 Å². The summed E-state index contributed by atoms with van der Waals surface area (Å²) in [6.07, 6.45) is 1.49. The minimum absolute atomic E-state index is 0.0372. The summed E-state index contributed by atoms with van der Waals surface area (Å²) in [6, 6.07) is 10.1. The molecule has 0 saturated heterocycles. The van der Waals surface area contributed by atoms with Crippen LogP contribution in [0, 0.1) is 19.3 Å². The Morgan fingerprint density at radius 1 is 1.24 bits per heavy atom. The van der Waals surface area contributed by atoms with E-state index in [9.17, 15) is 4.79 Å². The second-order valence-corrected chi connectivity index (χ2v) is 6.82. The van der Waals surface area contributed by atoms with Gasteiger partial charge in [-0.3, -0.25) is 4.79 Å². The number of aryl methyl sites for hydroxylation is 2. The molecule has 0 radical (unpaired) electrons. The van der Waals surface area contributed by atoms with Gasteiger partial charge >= 0.3 is 0 Å². The van der Waals surface area contributed by atoms with E-state index < -0.39 is 5.41 Å². The van der Waals surface area contributed by atoms with Crippen molar-refractivity contribution in [1.82, 2.24) is 15.1 Å². The van der Waals surface area contributed by atoms with Crippen molar-refractivity contribution in [3.63, 3.8) is 0 Å². The smallest absolute Gasteiger partial charge is 0.227 e. The van der Waals surface area contributed by atoms with Crippen LogP contribution in [0.1, 0.15) is 56.6 Å². The molecule has 1 aromatic heterocycles. The third-order valence-corrected chi connectivity index (χ3v) is 5.22. The molecule has 1 heterocycles. The number of hydrogen-bond acceptors (Lipinski definition) is 3. The maximum atomic E-state index is 12.7. The Bertz CT molecular complexity index is 706. The third kappa shape index (κ3) is 3.93. The molecule has 3 N–H and O–H groups in total. The van der Waals surface area contributed by atoms with Crippen LogP contribution in [0.15, 0.2) is 30.3 Å². The van der Waals surface area contributed by atoms with Crippen molar-refractivity contribution in [3.8, 4) is 5.69 Å². The normalized spacial score (nSPS) is 12.9. The SMILES string of the molecule is CCC(CC)(CN)C(=O)NC(C)c1ccc(-n2nc(C)cc2C)cc1. The first-order valence-corrected chi connectivity index (χ1v) is 9.01. The fraction of sp³-hybridized carbons (Fsp3) is 0.500. The van der Waals surface area contributed by atoms with Crippen LogP contribution in [0.4, 0.5) is 0 Å². The lowest BCUT2D eigenvalue weighted by Crippen LogP contribution is -2.46. The second kappa shape index (κ2) is 7.83. The van der Waals surface area contributed by atoms with Crippen LogP contribution in [0.25, 0.3) is 5.69 Å². The Balaban J connectivity index is 2.14. The van der Waals surface area contributed by atoms with E-state index in [4.69, 9.17) is 5.73 Å². The first kappa shape index (κ1) is 19.2. The lowest BCUT2D eigenvalue weighted by Gasteiger charge is -2.30. The molecule has 0 fully saturated rings. The molecule has 5 heteroatoms. The zero-order chi connectivity index (χ0) is 18.6. The Labute approximate surface area is 150 Å². The van der Waals surface area contributed by atoms with Crippen LogP contribution in [0.5, 0.6) is 0 Å². The molecular formula is C20H30N4O. The van der Waals surface area contributed by atoms with Gasteiger partial charge in [0.2, 0.25) is 5.91 Å². The van der Waals surface area contributed by atoms with E-state index in [2.05, 4.69) is 16.5 Å². The van der Waals surface area contributed by atoms with E-state index in [1.165, 1.54) is 0 Å². The summed E-state index contributed by atoms with van der Waals surface area (Å²) in [4.78, 5) is 12.7. The highest BCUT2D eigenvalue weighted by Crippen LogP contribution is 2.27. The molecule has 5 nitrogen and oxygen atoms in total. The van der Waals surface area contributed by atoms with E-state index in [-0.39, 0.29) is 11.9 Å². The molecule has 0 saturated carbocycles. The highest BCUT2D eigenvalue weighted by atomic mass is 16.2. The second-order valence-electron chi connectivity index (χ2n) is 6.82. The van der Waals surface area contributed by atoms with Crippen molar-refractivity contribution in [2.45, 2.75) is 53.5 Å². The number of nitrogens with one attached hydrogen (secondary N) is 1. The molecule has 136 valence electrons. The van der Waals surface area contributed by atoms with Crippen LogP contribution < -0.4 is 11.1 Å². The van der Waals surface area contributed by atoms with E-state index in [0.717, 1.165) is 35.5 Å². The molecule has 1 unspecified atom stereocenters. The van der Waals surface area contributed by atoms with Crippen LogP contribution in [0.3, 0.4) is 0 Å². The van der Waals surface area contributed by atoms with Gasteiger partial charge in [-0.05, 0) is 57.4 Å². The molecule has 1 atom stereocenters. The van der Waals surface area contributed by atoms with Crippen molar-refractivity contribution in [1.29, 1.82) is 0 Å². The molecule has 0 aliphatic rings. The minimum Gasteiger partial charge on any atom is -0.349 e. The number of hydrogen-bond donors (Lipinski definition) is 2. The van der Waals surface area contributed by atoms with Crippen molar-refractivity contribution < 1.29 is 4.79 Å². The number of carbonyl (C=O) groups is 1. The predicted octanol–water partition coefficient (Wildman–Crippen LogP) is 3.43. The number of nitrogens with two attached hydrogens (primary N) is 1. The molecule has 1 aromatic carbocycles. The summed E-state index contributed by atoms with van der Waals surface area (Å²) < 4.78 is 1.93. The molecule has 0 aliphatic heterocycles. The summed E-state index contributed by atoms with van der Waals surface area (Å²) in [5.74, 6) is 0.0372. The average molecular weight is 342 g/mol. The molecule has 1 amide bonds. The number of benzene rings is 1. The van der Waals surface area contributed by atoms with Gasteiger partial charge in [0.1, 0.15) is 0 Å². The zero-order valence-corrected chi connectivity index (χ0v) is 16.0. The van der Waals surface area contributed by atoms with Crippen LogP contribution >= 0.6 is 0 Å². The maximum absolute atomic E-state index is 12.7. The Kier molecular flexibility index (Phi) is 6.01. The summed E-state index contributed by atoms with van der Waals surface area (Å²) in [6.45, 7) is 10.4. The molecule has 2 rings (SSSR count). The molecule has 0 bridgehead atoms. The van der Waals surface area contributed by atoms with E-state index in [0.29, 0.717) is 6.54 Å². The number of carbonyl (C=O) groups excluding carboxylic acids is 1. The minimum atomic E-state index is -0.474. The van der Waals surface area contributed by atoms with Gasteiger partial charge in [0.25, 0.3) is 0 Å². The van der Waals surface area contributed by atoms with Gasteiger partial charge in [-0.25, -0.2) is 4.68 Å².